The fraction of sp³-hybridized carbons (Fsp3) is 0.125. The summed E-state index contributed by atoms with van der Waals surface area (Å²) >= 11 is 0. The van der Waals surface area contributed by atoms with Crippen LogP contribution in [0, 0.1) is 0 Å². The third kappa shape index (κ3) is 3.67. The Morgan fingerprint density at radius 3 is 1.97 bits per heavy atom. The number of benzene rings is 3. The van der Waals surface area contributed by atoms with Crippen molar-refractivity contribution in [2.24, 2.45) is 0 Å². The summed E-state index contributed by atoms with van der Waals surface area (Å²) in [4.78, 5) is 37.2. The zero-order valence-corrected chi connectivity index (χ0v) is 16.4. The minimum atomic E-state index is -0.291. The van der Waals surface area contributed by atoms with Crippen molar-refractivity contribution in [3.63, 3.8) is 0 Å². The van der Waals surface area contributed by atoms with E-state index in [1.54, 1.807) is 55.6 Å². The summed E-state index contributed by atoms with van der Waals surface area (Å²) < 4.78 is 5.07. The molecule has 150 valence electrons. The lowest BCUT2D eigenvalue weighted by Crippen LogP contribution is -2.34. The normalized spacial score (nSPS) is 11.4. The molecule has 2 N–H and O–H groups in total. The zero-order valence-electron chi connectivity index (χ0n) is 16.4. The van der Waals surface area contributed by atoms with E-state index in [1.807, 2.05) is 18.2 Å². The number of hydrogen-bond donors (Lipinski definition) is 2. The Hall–Kier alpha value is -3.93. The van der Waals surface area contributed by atoms with E-state index >= 15 is 0 Å². The molecule has 0 saturated heterocycles. The summed E-state index contributed by atoms with van der Waals surface area (Å²) in [7, 11) is 1.56. The van der Waals surface area contributed by atoms with Gasteiger partial charge in [0.05, 0.1) is 7.11 Å². The van der Waals surface area contributed by atoms with E-state index in [-0.39, 0.29) is 30.7 Å². The van der Waals surface area contributed by atoms with Crippen LogP contribution in [0.4, 0.5) is 0 Å². The van der Waals surface area contributed by atoms with Gasteiger partial charge in [-0.25, -0.2) is 0 Å². The van der Waals surface area contributed by atoms with Crippen LogP contribution < -0.4 is 15.4 Å². The van der Waals surface area contributed by atoms with Gasteiger partial charge in [0.15, 0.2) is 5.78 Å². The lowest BCUT2D eigenvalue weighted by atomic mass is 10.0. The standard InChI is InChI=1S/C24H20N2O4/c1-30-17-9-6-15(7-10-17)23(28)25-12-13-26-24(29)16-8-11-19-18-4-2-3-5-20(18)22(27)21(19)14-16/h2-11,14H,12-13H2,1H3,(H,25,28)(H,26,29). The van der Waals surface area contributed by atoms with Gasteiger partial charge in [-0.05, 0) is 47.5 Å². The van der Waals surface area contributed by atoms with E-state index in [0.717, 1.165) is 11.1 Å². The maximum Gasteiger partial charge on any atom is 0.251 e. The average molecular weight is 400 g/mol. The van der Waals surface area contributed by atoms with E-state index in [4.69, 9.17) is 4.74 Å². The maximum atomic E-state index is 12.6. The van der Waals surface area contributed by atoms with Crippen molar-refractivity contribution in [1.82, 2.24) is 10.6 Å². The smallest absolute Gasteiger partial charge is 0.251 e. The van der Waals surface area contributed by atoms with Gasteiger partial charge in [-0.3, -0.25) is 14.4 Å². The zero-order chi connectivity index (χ0) is 21.1. The molecule has 0 fully saturated rings. The molecule has 3 aromatic rings. The first-order valence-corrected chi connectivity index (χ1v) is 9.57. The summed E-state index contributed by atoms with van der Waals surface area (Å²) in [5.74, 6) is 0.0878. The third-order valence-electron chi connectivity index (χ3n) is 5.04. The SMILES string of the molecule is COc1ccc(C(=O)NCCNC(=O)c2ccc3c(c2)C(=O)c2ccccc2-3)cc1. The van der Waals surface area contributed by atoms with E-state index in [9.17, 15) is 14.4 Å². The molecule has 1 aliphatic carbocycles. The van der Waals surface area contributed by atoms with Gasteiger partial charge in [-0.2, -0.15) is 0 Å². The molecular weight excluding hydrogens is 380 g/mol. The molecular formula is C24H20N2O4. The van der Waals surface area contributed by atoms with Gasteiger partial charge in [-0.15, -0.1) is 0 Å². The lowest BCUT2D eigenvalue weighted by molar-refractivity contribution is 0.0927. The molecule has 1 aliphatic rings. The van der Waals surface area contributed by atoms with Crippen molar-refractivity contribution in [2.75, 3.05) is 20.2 Å². The Balaban J connectivity index is 1.33. The molecule has 30 heavy (non-hydrogen) atoms. The second-order valence-electron chi connectivity index (χ2n) is 6.88. The number of rotatable bonds is 6. The van der Waals surface area contributed by atoms with E-state index in [2.05, 4.69) is 10.6 Å². The predicted molar refractivity (Wildman–Crippen MR) is 113 cm³/mol. The molecule has 2 amide bonds. The Labute approximate surface area is 173 Å². The van der Waals surface area contributed by atoms with Crippen LogP contribution in [0.25, 0.3) is 11.1 Å². The summed E-state index contributed by atoms with van der Waals surface area (Å²) in [6.45, 7) is 0.553. The first-order chi connectivity index (χ1) is 14.6. The maximum absolute atomic E-state index is 12.6. The molecule has 6 nitrogen and oxygen atoms in total. The molecule has 6 heteroatoms. The van der Waals surface area contributed by atoms with Crippen LogP contribution in [0.15, 0.2) is 66.7 Å². The van der Waals surface area contributed by atoms with Crippen LogP contribution in [0.5, 0.6) is 5.75 Å². The second-order valence-corrected chi connectivity index (χ2v) is 6.88. The first kappa shape index (κ1) is 19.4. The fourth-order valence-electron chi connectivity index (χ4n) is 3.47. The summed E-state index contributed by atoms with van der Waals surface area (Å²) in [6, 6.07) is 19.3. The first-order valence-electron chi connectivity index (χ1n) is 9.57. The number of nitrogens with one attached hydrogen (secondary N) is 2. The molecule has 0 spiro atoms. The minimum absolute atomic E-state index is 0.0676. The number of carbonyl (C=O) groups excluding carboxylic acids is 3. The number of amides is 2. The van der Waals surface area contributed by atoms with E-state index in [1.165, 1.54) is 0 Å². The number of ether oxygens (including phenoxy) is 1. The summed E-state index contributed by atoms with van der Waals surface area (Å²) in [6.07, 6.45) is 0. The quantitative estimate of drug-likeness (QED) is 0.487. The molecule has 0 bridgehead atoms. The van der Waals surface area contributed by atoms with Gasteiger partial charge in [0.2, 0.25) is 0 Å². The van der Waals surface area contributed by atoms with Crippen LogP contribution >= 0.6 is 0 Å². The molecule has 0 atom stereocenters. The van der Waals surface area contributed by atoms with Gasteiger partial charge in [-0.1, -0.05) is 30.3 Å². The molecule has 0 heterocycles. The van der Waals surface area contributed by atoms with Crippen molar-refractivity contribution in [3.05, 3.63) is 89.0 Å². The molecule has 0 aliphatic heterocycles. The number of carbonyl (C=O) groups is 3. The Bertz CT molecular complexity index is 1140. The third-order valence-corrected chi connectivity index (χ3v) is 5.04. The van der Waals surface area contributed by atoms with Crippen LogP contribution in [-0.2, 0) is 0 Å². The van der Waals surface area contributed by atoms with Crippen molar-refractivity contribution >= 4 is 17.6 Å². The van der Waals surface area contributed by atoms with E-state index in [0.29, 0.717) is 28.0 Å². The molecule has 3 aromatic carbocycles. The monoisotopic (exact) mass is 400 g/mol. The van der Waals surface area contributed by atoms with Crippen LogP contribution in [0.2, 0.25) is 0 Å². The summed E-state index contributed by atoms with van der Waals surface area (Å²) in [5, 5.41) is 5.52. The highest BCUT2D eigenvalue weighted by Crippen LogP contribution is 2.36. The van der Waals surface area contributed by atoms with Gasteiger partial charge in [0.1, 0.15) is 5.75 Å². The number of methoxy groups -OCH3 is 1. The van der Waals surface area contributed by atoms with Crippen molar-refractivity contribution < 1.29 is 19.1 Å². The summed E-state index contributed by atoms with van der Waals surface area (Å²) in [5.41, 5.74) is 3.86. The predicted octanol–water partition coefficient (Wildman–Crippen LogP) is 3.07. The average Bonchev–Trinajstić information content (AvgIpc) is 3.08. The van der Waals surface area contributed by atoms with Crippen molar-refractivity contribution in [2.45, 2.75) is 0 Å². The highest BCUT2D eigenvalue weighted by atomic mass is 16.5. The van der Waals surface area contributed by atoms with Crippen LogP contribution in [-0.4, -0.2) is 37.8 Å². The van der Waals surface area contributed by atoms with Gasteiger partial charge < -0.3 is 15.4 Å². The van der Waals surface area contributed by atoms with Gasteiger partial charge >= 0.3 is 0 Å². The van der Waals surface area contributed by atoms with Crippen LogP contribution in [0.3, 0.4) is 0 Å². The minimum Gasteiger partial charge on any atom is -0.497 e. The highest BCUT2D eigenvalue weighted by Gasteiger charge is 2.26. The molecule has 0 unspecified atom stereocenters. The van der Waals surface area contributed by atoms with E-state index < -0.39 is 0 Å². The fourth-order valence-corrected chi connectivity index (χ4v) is 3.47. The van der Waals surface area contributed by atoms with Crippen molar-refractivity contribution in [1.29, 1.82) is 0 Å². The molecule has 0 saturated carbocycles. The number of hydrogen-bond acceptors (Lipinski definition) is 4. The van der Waals surface area contributed by atoms with Gasteiger partial charge in [0, 0.05) is 35.3 Å². The molecule has 0 aromatic heterocycles. The van der Waals surface area contributed by atoms with Crippen molar-refractivity contribution in [3.8, 4) is 16.9 Å². The number of ketones is 1. The Morgan fingerprint density at radius 2 is 1.30 bits per heavy atom. The number of fused-ring (bicyclic) bond motifs is 3. The Morgan fingerprint density at radius 1 is 0.733 bits per heavy atom. The Kier molecular flexibility index (Phi) is 5.30. The lowest BCUT2D eigenvalue weighted by Gasteiger charge is -2.09. The highest BCUT2D eigenvalue weighted by molar-refractivity contribution is 6.22. The largest absolute Gasteiger partial charge is 0.497 e. The van der Waals surface area contributed by atoms with Gasteiger partial charge in [0.25, 0.3) is 11.8 Å². The molecule has 4 rings (SSSR count). The second kappa shape index (κ2) is 8.21. The van der Waals surface area contributed by atoms with Crippen LogP contribution in [0.1, 0.15) is 36.6 Å². The molecule has 0 radical (unpaired) electrons. The topological polar surface area (TPSA) is 84.5 Å².